The molecule has 1 aliphatic rings. The van der Waals surface area contributed by atoms with Crippen LogP contribution in [0.1, 0.15) is 294 Å². The molecule has 0 aliphatic heterocycles. The molecule has 14 aromatic carbocycles. The number of fused-ring (bicyclic) bond motifs is 8. The molecular formula is C114H116. The summed E-state index contributed by atoms with van der Waals surface area (Å²) in [6.45, 7) is 41.8. The van der Waals surface area contributed by atoms with E-state index in [4.69, 9.17) is 0 Å². The largest absolute Gasteiger partial charge is 0.0622 e. The fourth-order valence-corrected chi connectivity index (χ4v) is 17.7. The third-order valence-electron chi connectivity index (χ3n) is 24.5. The number of hydrogen-bond acceptors (Lipinski definition) is 0. The van der Waals surface area contributed by atoms with Gasteiger partial charge in [0.05, 0.1) is 0 Å². The van der Waals surface area contributed by atoms with E-state index >= 15 is 0 Å². The van der Waals surface area contributed by atoms with E-state index in [1.54, 1.807) is 0 Å². The minimum atomic E-state index is -0.231. The Morgan fingerprint density at radius 1 is 0.149 bits per heavy atom. The zero-order valence-electron chi connectivity index (χ0n) is 70.8. The van der Waals surface area contributed by atoms with Gasteiger partial charge in [0.25, 0.3) is 0 Å². The van der Waals surface area contributed by atoms with Gasteiger partial charge < -0.3 is 0 Å². The van der Waals surface area contributed by atoms with Crippen molar-refractivity contribution in [2.24, 2.45) is 0 Å². The molecule has 4 atom stereocenters. The Morgan fingerprint density at radius 2 is 0.333 bits per heavy atom. The van der Waals surface area contributed by atoms with Crippen molar-refractivity contribution in [3.63, 3.8) is 0 Å². The maximum Gasteiger partial charge on any atom is 0.0340 e. The molecule has 114 heavy (non-hydrogen) atoms. The summed E-state index contributed by atoms with van der Waals surface area (Å²) in [4.78, 5) is 0. The minimum absolute atomic E-state index is 0.0168. The molecule has 0 fully saturated rings. The summed E-state index contributed by atoms with van der Waals surface area (Å²) in [5.74, 6) is -0.600. The standard InChI is InChI=1S/C114H116/c1-109(2,3)97-55-43-81(44-56-97)103(77-27-21-19-22-28-77)79-39-35-75(36-40-79)91-69-93-73-95(71-91)108(86-53-65-102(66-54-86)114(16,17)18)96-72-92(76-37-41-80(42-38-76)104(78-29-23-20-24-30-78)82-45-57-98(58-46-82)110(4,5)6)70-94(74-96)107(85-51-63-101(64-52-85)113(13,14)15)90-34-26-32-88(68-90)105(83-47-59-99(60-48-83)111(7,8)9)87-31-25-33-89(67-87)106(93)84-49-61-100(62-50-84)112(10,11)12/h19-74,103-108H,1-18H3. The van der Waals surface area contributed by atoms with Crippen LogP contribution in [-0.2, 0) is 32.5 Å². The molecule has 4 unspecified atom stereocenters. The Bertz CT molecular complexity index is 5330. The smallest absolute Gasteiger partial charge is 0.0340 e. The number of benzene rings is 14. The first-order valence-corrected chi connectivity index (χ1v) is 41.7. The number of rotatable bonds is 12. The fraction of sp³-hybridized carbons (Fsp3) is 0.263. The van der Waals surface area contributed by atoms with Crippen molar-refractivity contribution < 1.29 is 0 Å². The molecule has 0 N–H and O–H groups in total. The Morgan fingerprint density at radius 3 is 0.561 bits per heavy atom. The van der Waals surface area contributed by atoms with Gasteiger partial charge in [-0.1, -0.05) is 464 Å². The highest BCUT2D eigenvalue weighted by Gasteiger charge is 2.32. The molecule has 0 spiro atoms. The molecular weight excluding hydrogens is 1370 g/mol. The Kier molecular flexibility index (Phi) is 21.4. The van der Waals surface area contributed by atoms with Crippen LogP contribution in [0.25, 0.3) is 22.3 Å². The lowest BCUT2D eigenvalue weighted by Crippen LogP contribution is -2.14. The maximum absolute atomic E-state index is 2.61. The van der Waals surface area contributed by atoms with Gasteiger partial charge in [-0.3, -0.25) is 0 Å². The monoisotopic (exact) mass is 1480 g/mol. The van der Waals surface area contributed by atoms with Gasteiger partial charge in [-0.25, -0.2) is 0 Å². The Hall–Kier alpha value is -10.9. The molecule has 0 amide bonds. The van der Waals surface area contributed by atoms with Crippen LogP contribution >= 0.6 is 0 Å². The highest BCUT2D eigenvalue weighted by Crippen LogP contribution is 2.48. The second-order valence-corrected chi connectivity index (χ2v) is 39.0. The van der Waals surface area contributed by atoms with Crippen molar-refractivity contribution in [3.8, 4) is 22.3 Å². The van der Waals surface area contributed by atoms with Crippen molar-refractivity contribution in [1.29, 1.82) is 0 Å². The van der Waals surface area contributed by atoms with Crippen LogP contribution in [0, 0.1) is 0 Å². The molecule has 0 saturated heterocycles. The van der Waals surface area contributed by atoms with Gasteiger partial charge in [0, 0.05) is 35.5 Å². The Balaban J connectivity index is 1.03. The molecule has 0 saturated carbocycles. The van der Waals surface area contributed by atoms with Gasteiger partial charge in [0.15, 0.2) is 0 Å². The van der Waals surface area contributed by atoms with Crippen LogP contribution in [0.5, 0.6) is 0 Å². The van der Waals surface area contributed by atoms with Gasteiger partial charge >= 0.3 is 0 Å². The molecule has 0 heterocycles. The normalized spacial score (nSPS) is 16.1. The lowest BCUT2D eigenvalue weighted by Gasteiger charge is -2.29. The molecule has 572 valence electrons. The molecule has 8 bridgehead atoms. The highest BCUT2D eigenvalue weighted by atomic mass is 14.4. The van der Waals surface area contributed by atoms with E-state index in [1.807, 2.05) is 0 Å². The molecule has 15 rings (SSSR count). The Labute approximate surface area is 683 Å². The predicted octanol–water partition coefficient (Wildman–Crippen LogP) is 30.2. The van der Waals surface area contributed by atoms with Crippen LogP contribution in [0.2, 0.25) is 0 Å². The maximum atomic E-state index is 2.61. The average molecular weight is 1490 g/mol. The third kappa shape index (κ3) is 16.9. The van der Waals surface area contributed by atoms with E-state index in [0.29, 0.717) is 0 Å². The summed E-state index contributed by atoms with van der Waals surface area (Å²) in [7, 11) is 0. The third-order valence-corrected chi connectivity index (χ3v) is 24.5. The molecule has 14 aromatic rings. The van der Waals surface area contributed by atoms with Crippen LogP contribution in [0.3, 0.4) is 0 Å². The molecule has 0 nitrogen and oxygen atoms in total. The van der Waals surface area contributed by atoms with Crippen molar-refractivity contribution in [3.05, 3.63) is 473 Å². The van der Waals surface area contributed by atoms with Gasteiger partial charge in [0.1, 0.15) is 0 Å². The summed E-state index contributed by atoms with van der Waals surface area (Å²) in [6, 6.07) is 134. The van der Waals surface area contributed by atoms with Gasteiger partial charge in [-0.2, -0.15) is 0 Å². The van der Waals surface area contributed by atoms with Crippen LogP contribution in [-0.4, -0.2) is 0 Å². The first-order chi connectivity index (χ1) is 54.3. The summed E-state index contributed by atoms with van der Waals surface area (Å²) in [6.07, 6.45) is 0. The lowest BCUT2D eigenvalue weighted by atomic mass is 9.74. The first kappa shape index (κ1) is 78.4. The van der Waals surface area contributed by atoms with Crippen molar-refractivity contribution in [2.75, 3.05) is 0 Å². The van der Waals surface area contributed by atoms with E-state index in [9.17, 15) is 0 Å². The lowest BCUT2D eigenvalue weighted by molar-refractivity contribution is 0.589. The fourth-order valence-electron chi connectivity index (χ4n) is 17.7. The van der Waals surface area contributed by atoms with E-state index in [-0.39, 0.29) is 68.0 Å². The minimum Gasteiger partial charge on any atom is -0.0622 e. The summed E-state index contributed by atoms with van der Waals surface area (Å²) in [5.41, 5.74) is 35.2. The summed E-state index contributed by atoms with van der Waals surface area (Å²) in [5, 5.41) is 0. The second-order valence-electron chi connectivity index (χ2n) is 39.0. The van der Waals surface area contributed by atoms with Crippen molar-refractivity contribution in [1.82, 2.24) is 0 Å². The quantitative estimate of drug-likeness (QED) is 0.107. The van der Waals surface area contributed by atoms with E-state index in [1.165, 1.54) is 156 Å². The van der Waals surface area contributed by atoms with Gasteiger partial charge in [-0.05, 0) is 188 Å². The van der Waals surface area contributed by atoms with Gasteiger partial charge in [0.2, 0.25) is 0 Å². The van der Waals surface area contributed by atoms with Crippen LogP contribution in [0.4, 0.5) is 0 Å². The summed E-state index contributed by atoms with van der Waals surface area (Å²) >= 11 is 0. The van der Waals surface area contributed by atoms with Crippen molar-refractivity contribution >= 4 is 0 Å². The topological polar surface area (TPSA) is 0 Å². The number of hydrogen-bond donors (Lipinski definition) is 0. The zero-order chi connectivity index (χ0) is 80.2. The van der Waals surface area contributed by atoms with Crippen molar-refractivity contribution in [2.45, 2.75) is 193 Å². The van der Waals surface area contributed by atoms with E-state index in [2.05, 4.69) is 464 Å². The molecule has 1 aliphatic carbocycles. The predicted molar refractivity (Wildman–Crippen MR) is 486 cm³/mol. The SMILES string of the molecule is CC(C)(C)c1ccc(C(c2ccccc2)c2ccc(-c3cc4cc(c3)C(c3ccc(C(C)(C)C)cc3)c3cc(-c5ccc(C(c6ccccc6)c6ccc(C(C)(C)C)cc6)cc5)cc(c3)C(c3ccc(C(C)(C)C)cc3)c3cccc(c3)C(c3ccc(C(C)(C)C)cc3)c3cccc(c3)C4c3ccc(C(C)(C)C)cc3)cc2)cc1. The van der Waals surface area contributed by atoms with E-state index < -0.39 is 0 Å². The average Bonchev–Trinajstić information content (AvgIpc) is 0.752. The van der Waals surface area contributed by atoms with Crippen LogP contribution in [0.15, 0.2) is 340 Å². The second kappa shape index (κ2) is 31.1. The first-order valence-electron chi connectivity index (χ1n) is 41.7. The van der Waals surface area contributed by atoms with Crippen LogP contribution < -0.4 is 0 Å². The highest BCUT2D eigenvalue weighted by molar-refractivity contribution is 5.72. The molecule has 0 heteroatoms. The summed E-state index contributed by atoms with van der Waals surface area (Å²) < 4.78 is 0. The van der Waals surface area contributed by atoms with Gasteiger partial charge in [-0.15, -0.1) is 0 Å². The molecule has 0 radical (unpaired) electrons. The molecule has 0 aromatic heterocycles. The van der Waals surface area contributed by atoms with E-state index in [0.717, 1.165) is 0 Å². The zero-order valence-corrected chi connectivity index (χ0v) is 70.8.